The average Bonchev–Trinajstić information content (AvgIpc) is 2.96. The van der Waals surface area contributed by atoms with Gasteiger partial charge in [0.15, 0.2) is 29.1 Å². The Hall–Kier alpha value is -3.59. The van der Waals surface area contributed by atoms with Gasteiger partial charge in [0.2, 0.25) is 11.5 Å². The van der Waals surface area contributed by atoms with Crippen LogP contribution >= 0.6 is 0 Å². The zero-order valence-corrected chi connectivity index (χ0v) is 24.5. The number of methoxy groups -OCH3 is 6. The zero-order chi connectivity index (χ0) is 29.1. The van der Waals surface area contributed by atoms with Crippen molar-refractivity contribution in [3.63, 3.8) is 0 Å². The van der Waals surface area contributed by atoms with Crippen molar-refractivity contribution in [1.82, 2.24) is 0 Å². The van der Waals surface area contributed by atoms with Crippen LogP contribution in [0, 0.1) is 5.92 Å². The zero-order valence-electron chi connectivity index (χ0n) is 24.5. The number of aliphatic hydroxyl groups is 1. The normalized spacial score (nSPS) is 20.5. The first kappa shape index (κ1) is 30.0. The molecule has 0 spiro atoms. The molecule has 0 bridgehead atoms. The summed E-state index contributed by atoms with van der Waals surface area (Å²) in [7, 11) is 9.17. The summed E-state index contributed by atoms with van der Waals surface area (Å²) in [6.45, 7) is 7.23. The van der Waals surface area contributed by atoms with Gasteiger partial charge in [0.25, 0.3) is 0 Å². The van der Waals surface area contributed by atoms with Crippen LogP contribution in [0.5, 0.6) is 34.5 Å². The van der Waals surface area contributed by atoms with Crippen LogP contribution in [0.3, 0.4) is 0 Å². The predicted octanol–water partition coefficient (Wildman–Crippen LogP) is 5.29. The summed E-state index contributed by atoms with van der Waals surface area (Å²) in [6, 6.07) is 3.59. The highest BCUT2D eigenvalue weighted by molar-refractivity contribution is 5.90. The first-order valence-corrected chi connectivity index (χ1v) is 12.8. The lowest BCUT2D eigenvalue weighted by Crippen LogP contribution is -2.46. The highest BCUT2D eigenvalue weighted by Crippen LogP contribution is 2.58. The van der Waals surface area contributed by atoms with Crippen molar-refractivity contribution in [3.05, 3.63) is 34.9 Å². The number of hydrogen-bond acceptors (Lipinski definition) is 9. The van der Waals surface area contributed by atoms with Crippen molar-refractivity contribution in [2.75, 3.05) is 42.7 Å². The number of carbonyl (C=O) groups is 1. The van der Waals surface area contributed by atoms with E-state index >= 15 is 0 Å². The molecule has 0 saturated heterocycles. The summed E-state index contributed by atoms with van der Waals surface area (Å²) in [5.41, 5.74) is 1.44. The summed E-state index contributed by atoms with van der Waals surface area (Å²) in [5.74, 6) is 1.39. The van der Waals surface area contributed by atoms with Crippen LogP contribution in [0.25, 0.3) is 11.1 Å². The van der Waals surface area contributed by atoms with E-state index in [0.29, 0.717) is 69.6 Å². The van der Waals surface area contributed by atoms with Crippen LogP contribution in [0.4, 0.5) is 0 Å². The molecular formula is C30H40O9. The molecule has 1 N–H and O–H groups in total. The van der Waals surface area contributed by atoms with Crippen molar-refractivity contribution in [3.8, 4) is 45.6 Å². The van der Waals surface area contributed by atoms with Gasteiger partial charge >= 0.3 is 5.97 Å². The van der Waals surface area contributed by atoms with Crippen molar-refractivity contribution in [2.45, 2.75) is 52.2 Å². The van der Waals surface area contributed by atoms with Crippen molar-refractivity contribution in [2.24, 2.45) is 5.92 Å². The topological polar surface area (TPSA) is 102 Å². The highest BCUT2D eigenvalue weighted by atomic mass is 16.6. The molecule has 39 heavy (non-hydrogen) atoms. The van der Waals surface area contributed by atoms with Gasteiger partial charge < -0.3 is 38.3 Å². The fraction of sp³-hybridized carbons (Fsp3) is 0.500. The maximum atomic E-state index is 13.2. The van der Waals surface area contributed by atoms with E-state index < -0.39 is 17.7 Å². The molecule has 0 aromatic heterocycles. The van der Waals surface area contributed by atoms with E-state index in [2.05, 4.69) is 0 Å². The molecule has 0 radical (unpaired) electrons. The van der Waals surface area contributed by atoms with E-state index in [1.807, 2.05) is 19.9 Å². The number of hydrogen-bond donors (Lipinski definition) is 1. The van der Waals surface area contributed by atoms with Crippen LogP contribution in [-0.2, 0) is 16.0 Å². The quantitative estimate of drug-likeness (QED) is 0.333. The standard InChI is InChI=1S/C30H40O9/c1-11-16(3)29(31)39-28-19-15-21(34-6)25(36-8)27(38-10)23(19)22-18(13-17(4)30(28,32)12-2)14-20(33-5)24(35-7)26(22)37-9/h11,14-15,17,28,32H,12-13H2,1-10H3/b16-11-/t17-,28-,30-/m0/s1. The molecule has 2 aromatic rings. The van der Waals surface area contributed by atoms with E-state index in [4.69, 9.17) is 33.2 Å². The molecule has 1 aliphatic carbocycles. The average molecular weight is 545 g/mol. The molecule has 0 fully saturated rings. The smallest absolute Gasteiger partial charge is 0.334 e. The van der Waals surface area contributed by atoms with Crippen LogP contribution in [0.2, 0.25) is 0 Å². The van der Waals surface area contributed by atoms with Gasteiger partial charge in [0.1, 0.15) is 5.60 Å². The molecule has 3 rings (SSSR count). The third-order valence-electron chi connectivity index (χ3n) is 7.68. The van der Waals surface area contributed by atoms with Crippen molar-refractivity contribution < 1.29 is 43.1 Å². The predicted molar refractivity (Wildman–Crippen MR) is 148 cm³/mol. The second-order valence-corrected chi connectivity index (χ2v) is 9.50. The van der Waals surface area contributed by atoms with E-state index in [1.54, 1.807) is 40.2 Å². The lowest BCUT2D eigenvalue weighted by atomic mass is 9.71. The second-order valence-electron chi connectivity index (χ2n) is 9.50. The first-order valence-electron chi connectivity index (χ1n) is 12.8. The van der Waals surface area contributed by atoms with Gasteiger partial charge in [-0.05, 0) is 50.3 Å². The largest absolute Gasteiger partial charge is 0.493 e. The van der Waals surface area contributed by atoms with Gasteiger partial charge in [0.05, 0.1) is 42.7 Å². The Morgan fingerprint density at radius 3 is 1.87 bits per heavy atom. The van der Waals surface area contributed by atoms with E-state index in [9.17, 15) is 9.90 Å². The summed E-state index contributed by atoms with van der Waals surface area (Å²) < 4.78 is 40.8. The second kappa shape index (κ2) is 12.1. The summed E-state index contributed by atoms with van der Waals surface area (Å²) in [6.07, 6.45) is 1.29. The number of carbonyl (C=O) groups excluding carboxylic acids is 1. The van der Waals surface area contributed by atoms with Gasteiger partial charge in [-0.3, -0.25) is 0 Å². The molecule has 1 aliphatic rings. The van der Waals surface area contributed by atoms with Crippen LogP contribution in [-0.4, -0.2) is 59.3 Å². The Morgan fingerprint density at radius 2 is 1.41 bits per heavy atom. The van der Waals surface area contributed by atoms with E-state index in [1.165, 1.54) is 28.4 Å². The lowest BCUT2D eigenvalue weighted by molar-refractivity contribution is -0.171. The number of benzene rings is 2. The summed E-state index contributed by atoms with van der Waals surface area (Å²) >= 11 is 0. The van der Waals surface area contributed by atoms with Crippen molar-refractivity contribution >= 4 is 5.97 Å². The maximum absolute atomic E-state index is 13.2. The molecule has 0 unspecified atom stereocenters. The third-order valence-corrected chi connectivity index (χ3v) is 7.68. The first-order chi connectivity index (χ1) is 18.6. The minimum absolute atomic E-state index is 0.302. The Kier molecular flexibility index (Phi) is 9.27. The molecule has 2 aromatic carbocycles. The van der Waals surface area contributed by atoms with Gasteiger partial charge in [-0.25, -0.2) is 4.79 Å². The van der Waals surface area contributed by atoms with E-state index in [0.717, 1.165) is 5.56 Å². The number of ether oxygens (including phenoxy) is 7. The molecule has 214 valence electrons. The Bertz CT molecular complexity index is 1250. The Balaban J connectivity index is 2.63. The third kappa shape index (κ3) is 4.95. The summed E-state index contributed by atoms with van der Waals surface area (Å²) in [4.78, 5) is 13.2. The molecule has 9 heteroatoms. The molecule has 0 heterocycles. The molecule has 0 amide bonds. The van der Waals surface area contributed by atoms with E-state index in [-0.39, 0.29) is 5.92 Å². The van der Waals surface area contributed by atoms with Crippen LogP contribution in [0.15, 0.2) is 23.8 Å². The number of rotatable bonds is 9. The minimum Gasteiger partial charge on any atom is -0.493 e. The fourth-order valence-corrected chi connectivity index (χ4v) is 5.33. The number of esters is 1. The Morgan fingerprint density at radius 1 is 0.897 bits per heavy atom. The van der Waals surface area contributed by atoms with Crippen LogP contribution < -0.4 is 28.4 Å². The minimum atomic E-state index is -1.46. The molecule has 0 aliphatic heterocycles. The van der Waals surface area contributed by atoms with Crippen LogP contribution in [0.1, 0.15) is 51.3 Å². The number of fused-ring (bicyclic) bond motifs is 3. The van der Waals surface area contributed by atoms with Crippen molar-refractivity contribution in [1.29, 1.82) is 0 Å². The molecule has 9 nitrogen and oxygen atoms in total. The fourth-order valence-electron chi connectivity index (χ4n) is 5.33. The number of allylic oxidation sites excluding steroid dienone is 1. The molecule has 0 saturated carbocycles. The Labute approximate surface area is 230 Å². The summed E-state index contributed by atoms with van der Waals surface area (Å²) in [5, 5.41) is 12.3. The SMILES string of the molecule is C/C=C(/C)C(=O)O[C@H]1c2cc(OC)c(OC)c(OC)c2-c2c(cc(OC)c(OC)c2OC)C[C@H](C)[C@@]1(O)CC. The monoisotopic (exact) mass is 544 g/mol. The van der Waals surface area contributed by atoms with Gasteiger partial charge in [0, 0.05) is 22.3 Å². The van der Waals surface area contributed by atoms with Gasteiger partial charge in [-0.15, -0.1) is 0 Å². The molecule has 3 atom stereocenters. The van der Waals surface area contributed by atoms with Gasteiger partial charge in [-0.1, -0.05) is 19.9 Å². The van der Waals surface area contributed by atoms with Gasteiger partial charge in [-0.2, -0.15) is 0 Å². The lowest BCUT2D eigenvalue weighted by Gasteiger charge is -2.43. The molecular weight excluding hydrogens is 504 g/mol. The highest BCUT2D eigenvalue weighted by Gasteiger charge is 2.48. The maximum Gasteiger partial charge on any atom is 0.334 e.